The quantitative estimate of drug-likeness (QED) is 0.731. The monoisotopic (exact) mass is 406 g/mol. The minimum absolute atomic E-state index is 0.256. The molecule has 0 aliphatic carbocycles. The fourth-order valence-corrected chi connectivity index (χ4v) is 4.91. The predicted octanol–water partition coefficient (Wildman–Crippen LogP) is 1.30. The first-order chi connectivity index (χ1) is 14.5. The van der Waals surface area contributed by atoms with Crippen molar-refractivity contribution in [3.63, 3.8) is 0 Å². The molecule has 2 fully saturated rings. The first kappa shape index (κ1) is 18.5. The Balaban J connectivity index is 1.57. The highest BCUT2D eigenvalue weighted by molar-refractivity contribution is 6.20. The number of imide groups is 2. The van der Waals surface area contributed by atoms with Gasteiger partial charge in [-0.1, -0.05) is 18.2 Å². The van der Waals surface area contributed by atoms with E-state index >= 15 is 0 Å². The molecule has 2 N–H and O–H groups in total. The van der Waals surface area contributed by atoms with Crippen molar-refractivity contribution in [2.45, 2.75) is 12.5 Å². The number of rotatable bonds is 2. The lowest BCUT2D eigenvalue weighted by molar-refractivity contribution is -0.146. The van der Waals surface area contributed by atoms with Gasteiger partial charge in [-0.25, -0.2) is 4.79 Å². The number of urea groups is 1. The molecule has 2 aromatic carbocycles. The van der Waals surface area contributed by atoms with Gasteiger partial charge in [0.15, 0.2) is 5.41 Å². The van der Waals surface area contributed by atoms with Crippen LogP contribution in [0.15, 0.2) is 48.5 Å². The minimum atomic E-state index is -1.37. The number of benzene rings is 2. The average Bonchev–Trinajstić information content (AvgIpc) is 2.77. The number of nitrogens with zero attached hydrogens (tertiary/aromatic N) is 2. The summed E-state index contributed by atoms with van der Waals surface area (Å²) in [6.45, 7) is 1.88. The molecule has 3 aliphatic heterocycles. The van der Waals surface area contributed by atoms with Crippen molar-refractivity contribution in [3.8, 4) is 5.75 Å². The Hall–Kier alpha value is -3.55. The van der Waals surface area contributed by atoms with Crippen molar-refractivity contribution >= 4 is 29.2 Å². The molecule has 2 saturated heterocycles. The van der Waals surface area contributed by atoms with Crippen LogP contribution in [-0.4, -0.2) is 50.6 Å². The molecule has 4 amide bonds. The van der Waals surface area contributed by atoms with Crippen LogP contribution in [-0.2, 0) is 16.0 Å². The average molecular weight is 406 g/mol. The van der Waals surface area contributed by atoms with Crippen LogP contribution in [0, 0.1) is 5.41 Å². The Kier molecular flexibility index (Phi) is 4.16. The topological polar surface area (TPSA) is 91.0 Å². The van der Waals surface area contributed by atoms with Gasteiger partial charge in [-0.2, -0.15) is 0 Å². The van der Waals surface area contributed by atoms with E-state index < -0.39 is 29.3 Å². The second kappa shape index (κ2) is 6.76. The van der Waals surface area contributed by atoms with Crippen molar-refractivity contribution in [2.24, 2.45) is 5.41 Å². The zero-order valence-corrected chi connectivity index (χ0v) is 16.6. The maximum Gasteiger partial charge on any atom is 0.328 e. The van der Waals surface area contributed by atoms with Gasteiger partial charge >= 0.3 is 6.03 Å². The van der Waals surface area contributed by atoms with Gasteiger partial charge in [-0.05, 0) is 42.3 Å². The SMILES string of the molecule is COc1ccc(N2CCN3c4ccccc4CC4(C(=O)NC(=O)NC4=O)[C@H]3C2)cc1. The molecule has 8 nitrogen and oxygen atoms in total. The Morgan fingerprint density at radius 3 is 2.37 bits per heavy atom. The van der Waals surface area contributed by atoms with Gasteiger partial charge in [0.05, 0.1) is 13.2 Å². The molecule has 3 heterocycles. The molecule has 1 spiro atoms. The van der Waals surface area contributed by atoms with Crippen molar-refractivity contribution in [2.75, 3.05) is 36.5 Å². The van der Waals surface area contributed by atoms with Gasteiger partial charge < -0.3 is 14.5 Å². The van der Waals surface area contributed by atoms with Crippen LogP contribution in [0.5, 0.6) is 5.75 Å². The number of carbonyl (C=O) groups excluding carboxylic acids is 3. The molecule has 1 atom stereocenters. The number of piperazine rings is 1. The number of amides is 4. The minimum Gasteiger partial charge on any atom is -0.497 e. The standard InChI is InChI=1S/C22H22N4O4/c1-30-16-8-6-15(7-9-16)25-10-11-26-17-5-3-2-4-14(17)12-22(18(26)13-25)19(27)23-21(29)24-20(22)28/h2-9,18H,10-13H2,1H3,(H2,23,24,27,28,29)/t18-/m1/s1. The molecule has 2 aromatic rings. The highest BCUT2D eigenvalue weighted by Crippen LogP contribution is 2.44. The van der Waals surface area contributed by atoms with E-state index in [1.807, 2.05) is 48.5 Å². The van der Waals surface area contributed by atoms with Crippen LogP contribution in [0.3, 0.4) is 0 Å². The highest BCUT2D eigenvalue weighted by atomic mass is 16.5. The van der Waals surface area contributed by atoms with Crippen LogP contribution in [0.25, 0.3) is 0 Å². The van der Waals surface area contributed by atoms with Crippen molar-refractivity contribution in [1.29, 1.82) is 0 Å². The third kappa shape index (κ3) is 2.63. The maximum absolute atomic E-state index is 13.1. The van der Waals surface area contributed by atoms with Gasteiger partial charge in [-0.3, -0.25) is 20.2 Å². The first-order valence-corrected chi connectivity index (χ1v) is 9.93. The van der Waals surface area contributed by atoms with Gasteiger partial charge in [0.1, 0.15) is 5.75 Å². The second-order valence-electron chi connectivity index (χ2n) is 7.87. The molecule has 0 aromatic heterocycles. The summed E-state index contributed by atoms with van der Waals surface area (Å²) in [5.41, 5.74) is 1.61. The lowest BCUT2D eigenvalue weighted by Gasteiger charge is -2.54. The van der Waals surface area contributed by atoms with Crippen LogP contribution < -0.4 is 25.2 Å². The summed E-state index contributed by atoms with van der Waals surface area (Å²) in [6.07, 6.45) is 0.256. The van der Waals surface area contributed by atoms with Gasteiger partial charge in [0.25, 0.3) is 0 Å². The number of hydrogen-bond acceptors (Lipinski definition) is 6. The normalized spacial score (nSPS) is 22.2. The molecule has 3 aliphatic rings. The number of nitrogens with one attached hydrogen (secondary N) is 2. The molecular weight excluding hydrogens is 384 g/mol. The van der Waals surface area contributed by atoms with E-state index in [2.05, 4.69) is 20.4 Å². The summed E-state index contributed by atoms with van der Waals surface area (Å²) in [5, 5.41) is 4.66. The van der Waals surface area contributed by atoms with E-state index in [0.717, 1.165) is 29.2 Å². The van der Waals surface area contributed by atoms with Crippen molar-refractivity contribution in [1.82, 2.24) is 10.6 Å². The summed E-state index contributed by atoms with van der Waals surface area (Å²) in [4.78, 5) is 42.3. The number of fused-ring (bicyclic) bond motifs is 4. The summed E-state index contributed by atoms with van der Waals surface area (Å²) in [6, 6.07) is 14.4. The lowest BCUT2D eigenvalue weighted by atomic mass is 9.68. The molecule has 0 radical (unpaired) electrons. The molecule has 0 unspecified atom stereocenters. The van der Waals surface area contributed by atoms with Crippen molar-refractivity contribution < 1.29 is 19.1 Å². The number of barbiturate groups is 1. The van der Waals surface area contributed by atoms with Crippen molar-refractivity contribution in [3.05, 3.63) is 54.1 Å². The molecule has 0 saturated carbocycles. The third-order valence-electron chi connectivity index (χ3n) is 6.42. The Labute approximate surface area is 173 Å². The van der Waals surface area contributed by atoms with Gasteiger partial charge in [0, 0.05) is 31.0 Å². The van der Waals surface area contributed by atoms with Crippen LogP contribution in [0.1, 0.15) is 5.56 Å². The maximum atomic E-state index is 13.1. The van der Waals surface area contributed by atoms with E-state index in [4.69, 9.17) is 4.74 Å². The number of para-hydroxylation sites is 1. The Morgan fingerprint density at radius 2 is 1.67 bits per heavy atom. The Bertz CT molecular complexity index is 1020. The second-order valence-corrected chi connectivity index (χ2v) is 7.87. The van der Waals surface area contributed by atoms with Gasteiger partial charge in [-0.15, -0.1) is 0 Å². The Morgan fingerprint density at radius 1 is 0.967 bits per heavy atom. The highest BCUT2D eigenvalue weighted by Gasteiger charge is 2.60. The summed E-state index contributed by atoms with van der Waals surface area (Å²) < 4.78 is 5.25. The van der Waals surface area contributed by atoms with Crippen LogP contribution >= 0.6 is 0 Å². The largest absolute Gasteiger partial charge is 0.497 e. The molecule has 5 rings (SSSR count). The number of hydrogen-bond donors (Lipinski definition) is 2. The summed E-state index contributed by atoms with van der Waals surface area (Å²) in [5.74, 6) is -0.292. The number of carbonyl (C=O) groups is 3. The molecular formula is C22H22N4O4. The first-order valence-electron chi connectivity index (χ1n) is 9.93. The smallest absolute Gasteiger partial charge is 0.328 e. The zero-order chi connectivity index (χ0) is 20.9. The molecule has 30 heavy (non-hydrogen) atoms. The van der Waals surface area contributed by atoms with Crippen LogP contribution in [0.2, 0.25) is 0 Å². The van der Waals surface area contributed by atoms with E-state index in [-0.39, 0.29) is 6.42 Å². The fraction of sp³-hybridized carbons (Fsp3) is 0.318. The lowest BCUT2D eigenvalue weighted by Crippen LogP contribution is -2.74. The predicted molar refractivity (Wildman–Crippen MR) is 111 cm³/mol. The van der Waals surface area contributed by atoms with E-state index in [0.29, 0.717) is 13.1 Å². The number of anilines is 2. The van der Waals surface area contributed by atoms with E-state index in [9.17, 15) is 14.4 Å². The molecule has 154 valence electrons. The number of ether oxygens (including phenoxy) is 1. The molecule has 8 heteroatoms. The van der Waals surface area contributed by atoms with E-state index in [1.54, 1.807) is 7.11 Å². The molecule has 0 bridgehead atoms. The summed E-state index contributed by atoms with van der Waals surface area (Å²) in [7, 11) is 1.62. The third-order valence-corrected chi connectivity index (χ3v) is 6.42. The number of methoxy groups -OCH3 is 1. The van der Waals surface area contributed by atoms with Gasteiger partial charge in [0.2, 0.25) is 11.8 Å². The zero-order valence-electron chi connectivity index (χ0n) is 16.6. The van der Waals surface area contributed by atoms with Crippen LogP contribution in [0.4, 0.5) is 16.2 Å². The fourth-order valence-electron chi connectivity index (χ4n) is 4.91. The van der Waals surface area contributed by atoms with E-state index in [1.165, 1.54) is 0 Å². The summed E-state index contributed by atoms with van der Waals surface area (Å²) >= 11 is 0.